The molecule has 0 aromatic heterocycles. The van der Waals surface area contributed by atoms with Crippen molar-refractivity contribution < 1.29 is 28.2 Å². The Hall–Kier alpha value is -1.76. The Morgan fingerprint density at radius 1 is 1.33 bits per heavy atom. The molecule has 7 heteroatoms. The monoisotopic (exact) mass is 261 g/mol. The first-order valence-electron chi connectivity index (χ1n) is 5.22. The average Bonchev–Trinajstić information content (AvgIpc) is 2.29. The molecule has 1 fully saturated rings. The minimum Gasteiger partial charge on any atom is -0.503 e. The summed E-state index contributed by atoms with van der Waals surface area (Å²) in [5.74, 6) is -7.12. The molecular weight excluding hydrogens is 251 g/mol. The van der Waals surface area contributed by atoms with E-state index in [9.17, 15) is 18.0 Å². The molecule has 1 aliphatic rings. The predicted molar refractivity (Wildman–Crippen MR) is 54.5 cm³/mol. The molecule has 0 radical (unpaired) electrons. The number of hydrogen-bond acceptors (Lipinski definition) is 3. The third-order valence-corrected chi connectivity index (χ3v) is 2.87. The zero-order chi connectivity index (χ0) is 13.4. The first-order chi connectivity index (χ1) is 8.45. The number of rotatable bonds is 2. The molecule has 1 amide bonds. The number of benzene rings is 1. The molecule has 2 rings (SSSR count). The molecule has 0 atom stereocenters. The van der Waals surface area contributed by atoms with Gasteiger partial charge in [-0.1, -0.05) is 0 Å². The van der Waals surface area contributed by atoms with Gasteiger partial charge in [-0.3, -0.25) is 4.79 Å². The molecule has 0 bridgehead atoms. The molecule has 0 aliphatic carbocycles. The number of phenolic OH excluding ortho intramolecular Hbond substituents is 1. The normalized spacial score (nSPS) is 15.7. The summed E-state index contributed by atoms with van der Waals surface area (Å²) in [5.41, 5.74) is -0.720. The van der Waals surface area contributed by atoms with Crippen LogP contribution in [0.25, 0.3) is 0 Å². The van der Waals surface area contributed by atoms with E-state index in [0.29, 0.717) is 6.07 Å². The van der Waals surface area contributed by atoms with Crippen LogP contribution in [0.4, 0.5) is 13.2 Å². The molecule has 1 aromatic carbocycles. The highest BCUT2D eigenvalue weighted by atomic mass is 19.2. The number of aliphatic hydroxyl groups is 1. The largest absolute Gasteiger partial charge is 0.503 e. The fourth-order valence-corrected chi connectivity index (χ4v) is 1.77. The zero-order valence-electron chi connectivity index (χ0n) is 9.16. The zero-order valence-corrected chi connectivity index (χ0v) is 9.16. The maximum atomic E-state index is 13.4. The first-order valence-corrected chi connectivity index (χ1v) is 5.22. The Morgan fingerprint density at radius 2 is 1.94 bits per heavy atom. The van der Waals surface area contributed by atoms with Gasteiger partial charge < -0.3 is 15.1 Å². The summed E-state index contributed by atoms with van der Waals surface area (Å²) in [6.07, 6.45) is 0. The molecule has 2 N–H and O–H groups in total. The molecular formula is C11H10F3NO3. The predicted octanol–water partition coefficient (Wildman–Crippen LogP) is 0.874. The van der Waals surface area contributed by atoms with E-state index in [0.717, 1.165) is 0 Å². The van der Waals surface area contributed by atoms with Crippen LogP contribution in [0.15, 0.2) is 6.07 Å². The minimum absolute atomic E-state index is 0.0871. The second-order valence-electron chi connectivity index (χ2n) is 4.14. The summed E-state index contributed by atoms with van der Waals surface area (Å²) in [6, 6.07) is 0.416. The lowest BCUT2D eigenvalue weighted by atomic mass is 9.99. The molecule has 0 spiro atoms. The molecule has 1 saturated heterocycles. The van der Waals surface area contributed by atoms with E-state index in [1.54, 1.807) is 0 Å². The van der Waals surface area contributed by atoms with Crippen LogP contribution in [0.1, 0.15) is 10.4 Å². The lowest BCUT2D eigenvalue weighted by Crippen LogP contribution is -2.51. The molecule has 1 aromatic rings. The standard InChI is InChI=1S/C11H10F3NO3/c12-7-1-6(8(13)10(17)9(7)14)11(18)15-2-5(3-15)4-16/h1,5,16-17H,2-4H2. The van der Waals surface area contributed by atoms with E-state index in [2.05, 4.69) is 0 Å². The van der Waals surface area contributed by atoms with Gasteiger partial charge in [0.15, 0.2) is 17.4 Å². The Morgan fingerprint density at radius 3 is 2.50 bits per heavy atom. The Kier molecular flexibility index (Phi) is 3.16. The van der Waals surface area contributed by atoms with Gasteiger partial charge in [-0.15, -0.1) is 0 Å². The number of aliphatic hydroxyl groups excluding tert-OH is 1. The maximum absolute atomic E-state index is 13.4. The second-order valence-corrected chi connectivity index (χ2v) is 4.14. The highest BCUT2D eigenvalue weighted by Gasteiger charge is 2.33. The van der Waals surface area contributed by atoms with Gasteiger partial charge in [0.05, 0.1) is 5.56 Å². The van der Waals surface area contributed by atoms with Crippen LogP contribution in [-0.2, 0) is 0 Å². The quantitative estimate of drug-likeness (QED) is 0.777. The van der Waals surface area contributed by atoms with Gasteiger partial charge in [-0.2, -0.15) is 4.39 Å². The number of carbonyl (C=O) groups excluding carboxylic acids is 1. The van der Waals surface area contributed by atoms with Gasteiger partial charge in [0, 0.05) is 25.6 Å². The Bertz CT molecular complexity index is 501. The lowest BCUT2D eigenvalue weighted by molar-refractivity contribution is 0.0356. The van der Waals surface area contributed by atoms with Crippen molar-refractivity contribution in [3.63, 3.8) is 0 Å². The van der Waals surface area contributed by atoms with Gasteiger partial charge in [0.25, 0.3) is 5.91 Å². The molecule has 18 heavy (non-hydrogen) atoms. The molecule has 4 nitrogen and oxygen atoms in total. The van der Waals surface area contributed by atoms with E-state index in [1.165, 1.54) is 4.90 Å². The maximum Gasteiger partial charge on any atom is 0.257 e. The second kappa shape index (κ2) is 4.49. The number of amides is 1. The topological polar surface area (TPSA) is 60.8 Å². The van der Waals surface area contributed by atoms with E-state index in [-0.39, 0.29) is 25.6 Å². The van der Waals surface area contributed by atoms with Crippen LogP contribution in [0.2, 0.25) is 0 Å². The van der Waals surface area contributed by atoms with Gasteiger partial charge >= 0.3 is 0 Å². The number of halogens is 3. The summed E-state index contributed by atoms with van der Waals surface area (Å²) >= 11 is 0. The summed E-state index contributed by atoms with van der Waals surface area (Å²) in [5, 5.41) is 17.8. The van der Waals surface area contributed by atoms with E-state index < -0.39 is 34.7 Å². The first kappa shape index (κ1) is 12.7. The number of likely N-dealkylation sites (tertiary alicyclic amines) is 1. The smallest absolute Gasteiger partial charge is 0.257 e. The summed E-state index contributed by atoms with van der Waals surface area (Å²) in [7, 11) is 0. The van der Waals surface area contributed by atoms with Crippen molar-refractivity contribution in [2.75, 3.05) is 19.7 Å². The van der Waals surface area contributed by atoms with Gasteiger partial charge in [-0.25, -0.2) is 8.78 Å². The van der Waals surface area contributed by atoms with Crippen LogP contribution in [-0.4, -0.2) is 40.7 Å². The van der Waals surface area contributed by atoms with E-state index in [4.69, 9.17) is 10.2 Å². The number of hydrogen-bond donors (Lipinski definition) is 2. The Balaban J connectivity index is 2.27. The number of phenols is 1. The van der Waals surface area contributed by atoms with Crippen LogP contribution in [0.5, 0.6) is 5.75 Å². The van der Waals surface area contributed by atoms with Crippen LogP contribution >= 0.6 is 0 Å². The minimum atomic E-state index is -1.72. The van der Waals surface area contributed by atoms with Crippen molar-refractivity contribution in [2.24, 2.45) is 5.92 Å². The molecule has 98 valence electrons. The van der Waals surface area contributed by atoms with Crippen LogP contribution in [0.3, 0.4) is 0 Å². The number of aromatic hydroxyl groups is 1. The van der Waals surface area contributed by atoms with Crippen molar-refractivity contribution in [3.8, 4) is 5.75 Å². The molecule has 1 aliphatic heterocycles. The molecule has 1 heterocycles. The van der Waals surface area contributed by atoms with Crippen molar-refractivity contribution in [3.05, 3.63) is 29.1 Å². The van der Waals surface area contributed by atoms with E-state index in [1.807, 2.05) is 0 Å². The van der Waals surface area contributed by atoms with Crippen LogP contribution in [0, 0.1) is 23.4 Å². The van der Waals surface area contributed by atoms with Gasteiger partial charge in [0.1, 0.15) is 0 Å². The van der Waals surface area contributed by atoms with Crippen molar-refractivity contribution in [2.45, 2.75) is 0 Å². The highest BCUT2D eigenvalue weighted by molar-refractivity contribution is 5.95. The highest BCUT2D eigenvalue weighted by Crippen LogP contribution is 2.28. The van der Waals surface area contributed by atoms with E-state index >= 15 is 0 Å². The number of nitrogens with zero attached hydrogens (tertiary/aromatic N) is 1. The van der Waals surface area contributed by atoms with Crippen LogP contribution < -0.4 is 0 Å². The lowest BCUT2D eigenvalue weighted by Gasteiger charge is -2.38. The SMILES string of the molecule is O=C(c1cc(F)c(F)c(O)c1F)N1CC(CO)C1. The van der Waals surface area contributed by atoms with Gasteiger partial charge in [-0.05, 0) is 6.07 Å². The number of carbonyl (C=O) groups is 1. The molecule has 0 unspecified atom stereocenters. The summed E-state index contributed by atoms with van der Waals surface area (Å²) < 4.78 is 39.3. The molecule has 0 saturated carbocycles. The fraction of sp³-hybridized carbons (Fsp3) is 0.364. The summed E-state index contributed by atoms with van der Waals surface area (Å²) in [4.78, 5) is 12.9. The van der Waals surface area contributed by atoms with Gasteiger partial charge in [0.2, 0.25) is 5.82 Å². The third-order valence-electron chi connectivity index (χ3n) is 2.87. The fourth-order valence-electron chi connectivity index (χ4n) is 1.77. The summed E-state index contributed by atoms with van der Waals surface area (Å²) in [6.45, 7) is 0.332. The van der Waals surface area contributed by atoms with Crippen molar-refractivity contribution >= 4 is 5.91 Å². The average molecular weight is 261 g/mol. The van der Waals surface area contributed by atoms with Crippen molar-refractivity contribution in [1.29, 1.82) is 0 Å². The van der Waals surface area contributed by atoms with Crippen molar-refractivity contribution in [1.82, 2.24) is 4.90 Å². The Labute approximate surface area is 100 Å². The third kappa shape index (κ3) is 1.90.